The van der Waals surface area contributed by atoms with Gasteiger partial charge >= 0.3 is 5.97 Å². The van der Waals surface area contributed by atoms with E-state index < -0.39 is 5.97 Å². The largest absolute Gasteiger partial charge is 0.465 e. The molecule has 1 aromatic heterocycles. The standard InChI is InChI=1S/C18H19NO3/c1-3-22-18(21)13-19-14(2)11-16(12-17(19)20)10-9-15-7-5-4-6-8-15/h4-12H,3,13H2,1-2H3/b10-9+. The summed E-state index contributed by atoms with van der Waals surface area (Å²) in [6.07, 6.45) is 3.84. The number of carbonyl (C=O) groups is 1. The molecule has 0 saturated heterocycles. The fourth-order valence-electron chi connectivity index (χ4n) is 2.15. The fraction of sp³-hybridized carbons (Fsp3) is 0.222. The van der Waals surface area contributed by atoms with Gasteiger partial charge in [-0.1, -0.05) is 42.5 Å². The molecule has 114 valence electrons. The number of rotatable bonds is 5. The number of nitrogens with zero attached hydrogens (tertiary/aromatic N) is 1. The molecule has 0 atom stereocenters. The summed E-state index contributed by atoms with van der Waals surface area (Å²) >= 11 is 0. The molecule has 4 heteroatoms. The maximum atomic E-state index is 12.1. The Bertz CT molecular complexity index is 730. The Hall–Kier alpha value is -2.62. The SMILES string of the molecule is CCOC(=O)Cn1c(C)cc(/C=C/c2ccccc2)cc1=O. The van der Waals surface area contributed by atoms with E-state index in [1.165, 1.54) is 10.6 Å². The Kier molecular flexibility index (Phi) is 5.31. The summed E-state index contributed by atoms with van der Waals surface area (Å²) in [6.45, 7) is 3.80. The first kappa shape index (κ1) is 15.8. The lowest BCUT2D eigenvalue weighted by molar-refractivity contribution is -0.143. The number of ether oxygens (including phenoxy) is 1. The topological polar surface area (TPSA) is 48.3 Å². The van der Waals surface area contributed by atoms with Gasteiger partial charge in [-0.25, -0.2) is 0 Å². The molecule has 1 aromatic carbocycles. The van der Waals surface area contributed by atoms with Crippen molar-refractivity contribution in [3.05, 3.63) is 69.6 Å². The van der Waals surface area contributed by atoms with Crippen LogP contribution in [0.4, 0.5) is 0 Å². The highest BCUT2D eigenvalue weighted by Gasteiger charge is 2.08. The second-order valence-corrected chi connectivity index (χ2v) is 4.90. The van der Waals surface area contributed by atoms with Crippen molar-refractivity contribution in [3.63, 3.8) is 0 Å². The Morgan fingerprint density at radius 1 is 1.14 bits per heavy atom. The normalized spacial score (nSPS) is 10.8. The van der Waals surface area contributed by atoms with E-state index in [0.717, 1.165) is 16.8 Å². The van der Waals surface area contributed by atoms with Crippen molar-refractivity contribution < 1.29 is 9.53 Å². The van der Waals surface area contributed by atoms with Crippen molar-refractivity contribution in [2.75, 3.05) is 6.61 Å². The van der Waals surface area contributed by atoms with Gasteiger partial charge in [-0.05, 0) is 31.0 Å². The van der Waals surface area contributed by atoms with Crippen molar-refractivity contribution in [3.8, 4) is 0 Å². The van der Waals surface area contributed by atoms with Gasteiger partial charge in [0.1, 0.15) is 6.54 Å². The van der Waals surface area contributed by atoms with Crippen molar-refractivity contribution in [1.29, 1.82) is 0 Å². The molecule has 0 fully saturated rings. The van der Waals surface area contributed by atoms with E-state index in [9.17, 15) is 9.59 Å². The number of pyridine rings is 1. The van der Waals surface area contributed by atoms with Gasteiger partial charge in [-0.15, -0.1) is 0 Å². The molecule has 4 nitrogen and oxygen atoms in total. The van der Waals surface area contributed by atoms with Gasteiger partial charge in [0.2, 0.25) is 0 Å². The lowest BCUT2D eigenvalue weighted by Crippen LogP contribution is -2.26. The van der Waals surface area contributed by atoms with Gasteiger partial charge in [0.05, 0.1) is 6.61 Å². The molecule has 0 saturated carbocycles. The molecule has 0 N–H and O–H groups in total. The third-order valence-electron chi connectivity index (χ3n) is 3.22. The van der Waals surface area contributed by atoms with Crippen LogP contribution in [0.25, 0.3) is 12.2 Å². The molecular formula is C18H19NO3. The zero-order valence-electron chi connectivity index (χ0n) is 12.8. The van der Waals surface area contributed by atoms with E-state index in [2.05, 4.69) is 0 Å². The zero-order chi connectivity index (χ0) is 15.9. The fourth-order valence-corrected chi connectivity index (χ4v) is 2.15. The Labute approximate surface area is 129 Å². The minimum Gasteiger partial charge on any atom is -0.465 e. The minimum atomic E-state index is -0.403. The predicted molar refractivity (Wildman–Crippen MR) is 87.4 cm³/mol. The molecule has 2 aromatic rings. The Morgan fingerprint density at radius 3 is 2.45 bits per heavy atom. The Balaban J connectivity index is 2.21. The van der Waals surface area contributed by atoms with Crippen LogP contribution < -0.4 is 5.56 Å². The Morgan fingerprint density at radius 2 is 1.82 bits per heavy atom. The summed E-state index contributed by atoms with van der Waals surface area (Å²) in [4.78, 5) is 23.6. The second-order valence-electron chi connectivity index (χ2n) is 4.90. The van der Waals surface area contributed by atoms with Crippen LogP contribution in [-0.4, -0.2) is 17.1 Å². The van der Waals surface area contributed by atoms with Crippen LogP contribution in [-0.2, 0) is 16.1 Å². The number of hydrogen-bond donors (Lipinski definition) is 0. The summed E-state index contributed by atoms with van der Waals surface area (Å²) in [5, 5.41) is 0. The lowest BCUT2D eigenvalue weighted by Gasteiger charge is -2.09. The van der Waals surface area contributed by atoms with Crippen molar-refractivity contribution in [2.24, 2.45) is 0 Å². The molecule has 0 bridgehead atoms. The predicted octanol–water partition coefficient (Wildman–Crippen LogP) is 2.89. The zero-order valence-corrected chi connectivity index (χ0v) is 12.8. The minimum absolute atomic E-state index is 0.0544. The van der Waals surface area contributed by atoms with Crippen LogP contribution in [0.3, 0.4) is 0 Å². The van der Waals surface area contributed by atoms with Gasteiger partial charge in [-0.2, -0.15) is 0 Å². The number of aromatic nitrogens is 1. The van der Waals surface area contributed by atoms with E-state index in [4.69, 9.17) is 4.74 Å². The molecule has 2 rings (SSSR count). The van der Waals surface area contributed by atoms with Crippen LogP contribution in [0.2, 0.25) is 0 Å². The molecule has 0 radical (unpaired) electrons. The van der Waals surface area contributed by atoms with Gasteiger partial charge in [0.25, 0.3) is 5.56 Å². The van der Waals surface area contributed by atoms with E-state index in [1.807, 2.05) is 48.6 Å². The highest BCUT2D eigenvalue weighted by molar-refractivity contribution is 5.70. The molecule has 22 heavy (non-hydrogen) atoms. The molecule has 0 unspecified atom stereocenters. The second kappa shape index (κ2) is 7.41. The average Bonchev–Trinajstić information content (AvgIpc) is 2.50. The van der Waals surface area contributed by atoms with Crippen LogP contribution in [0.1, 0.15) is 23.7 Å². The van der Waals surface area contributed by atoms with Crippen molar-refractivity contribution in [2.45, 2.75) is 20.4 Å². The molecule has 0 amide bonds. The van der Waals surface area contributed by atoms with E-state index in [0.29, 0.717) is 6.61 Å². The van der Waals surface area contributed by atoms with E-state index in [-0.39, 0.29) is 12.1 Å². The third kappa shape index (κ3) is 4.19. The van der Waals surface area contributed by atoms with E-state index >= 15 is 0 Å². The van der Waals surface area contributed by atoms with Gasteiger partial charge in [0, 0.05) is 11.8 Å². The van der Waals surface area contributed by atoms with Crippen molar-refractivity contribution >= 4 is 18.1 Å². The summed E-state index contributed by atoms with van der Waals surface area (Å²) in [6, 6.07) is 13.3. The number of hydrogen-bond acceptors (Lipinski definition) is 3. The lowest BCUT2D eigenvalue weighted by atomic mass is 10.1. The monoisotopic (exact) mass is 297 g/mol. The number of aryl methyl sites for hydroxylation is 1. The highest BCUT2D eigenvalue weighted by atomic mass is 16.5. The summed E-state index contributed by atoms with van der Waals surface area (Å²) in [7, 11) is 0. The summed E-state index contributed by atoms with van der Waals surface area (Å²) in [5.41, 5.74) is 2.40. The van der Waals surface area contributed by atoms with Gasteiger partial charge in [-0.3, -0.25) is 9.59 Å². The molecule has 0 spiro atoms. The molecule has 0 aliphatic carbocycles. The van der Waals surface area contributed by atoms with Crippen LogP contribution in [0.15, 0.2) is 47.3 Å². The molecule has 1 heterocycles. The third-order valence-corrected chi connectivity index (χ3v) is 3.22. The highest BCUT2D eigenvalue weighted by Crippen LogP contribution is 2.08. The quantitative estimate of drug-likeness (QED) is 0.797. The maximum Gasteiger partial charge on any atom is 0.326 e. The van der Waals surface area contributed by atoms with Crippen molar-refractivity contribution in [1.82, 2.24) is 4.57 Å². The van der Waals surface area contributed by atoms with Crippen LogP contribution in [0.5, 0.6) is 0 Å². The first-order valence-corrected chi connectivity index (χ1v) is 7.20. The summed E-state index contributed by atoms with van der Waals surface area (Å²) in [5.74, 6) is -0.403. The number of carbonyl (C=O) groups excluding carboxylic acids is 1. The van der Waals surface area contributed by atoms with Crippen LogP contribution >= 0.6 is 0 Å². The smallest absolute Gasteiger partial charge is 0.326 e. The maximum absolute atomic E-state index is 12.1. The van der Waals surface area contributed by atoms with Gasteiger partial charge in [0.15, 0.2) is 0 Å². The molecular weight excluding hydrogens is 278 g/mol. The number of esters is 1. The molecule has 0 aliphatic heterocycles. The first-order valence-electron chi connectivity index (χ1n) is 7.20. The van der Waals surface area contributed by atoms with Crippen LogP contribution in [0, 0.1) is 6.92 Å². The number of benzene rings is 1. The summed E-state index contributed by atoms with van der Waals surface area (Å²) < 4.78 is 6.29. The molecule has 0 aliphatic rings. The average molecular weight is 297 g/mol. The van der Waals surface area contributed by atoms with E-state index in [1.54, 1.807) is 13.8 Å². The first-order chi connectivity index (χ1) is 10.6. The van der Waals surface area contributed by atoms with Gasteiger partial charge < -0.3 is 9.30 Å².